The van der Waals surface area contributed by atoms with Crippen molar-refractivity contribution in [3.8, 4) is 0 Å². The second-order valence-corrected chi connectivity index (χ2v) is 10.8. The summed E-state index contributed by atoms with van der Waals surface area (Å²) in [5, 5.41) is 3.77. The zero-order chi connectivity index (χ0) is 22.6. The van der Waals surface area contributed by atoms with Crippen molar-refractivity contribution in [1.82, 2.24) is 9.62 Å². The van der Waals surface area contributed by atoms with E-state index >= 15 is 0 Å². The fourth-order valence-electron chi connectivity index (χ4n) is 3.57. The van der Waals surface area contributed by atoms with Gasteiger partial charge < -0.3 is 10.2 Å². The molecule has 0 saturated carbocycles. The summed E-state index contributed by atoms with van der Waals surface area (Å²) >= 11 is 12.0. The van der Waals surface area contributed by atoms with E-state index in [0.717, 1.165) is 11.3 Å². The molecule has 0 spiro atoms. The first kappa shape index (κ1) is 23.9. The van der Waals surface area contributed by atoms with Gasteiger partial charge in [0.15, 0.2) is 0 Å². The average molecular weight is 484 g/mol. The molecule has 1 aliphatic rings. The molecule has 168 valence electrons. The number of hydrogen-bond donors (Lipinski definition) is 1. The maximum Gasteiger partial charge on any atom is 0.223 e. The summed E-state index contributed by atoms with van der Waals surface area (Å²) in [5.41, 5.74) is 2.65. The molecule has 1 N–H and O–H groups in total. The highest BCUT2D eigenvalue weighted by Gasteiger charge is 2.31. The zero-order valence-corrected chi connectivity index (χ0v) is 20.0. The topological polar surface area (TPSA) is 69.7 Å². The standard InChI is InChI=1S/C22H27Cl2N3O3S/c1-26(2)20-7-3-16(4-8-20)14-25-22(28)17-9-11-27(12-10-17)31(29,30)15-18-5-6-19(23)13-21(18)24/h3-8,13,17H,9-12,14-15H2,1-2H3,(H,25,28). The molecular weight excluding hydrogens is 457 g/mol. The number of carbonyl (C=O) groups excluding carboxylic acids is 1. The Kier molecular flexibility index (Phi) is 7.86. The van der Waals surface area contributed by atoms with Gasteiger partial charge in [0.05, 0.1) is 5.75 Å². The highest BCUT2D eigenvalue weighted by Crippen LogP contribution is 2.26. The number of hydrogen-bond acceptors (Lipinski definition) is 4. The van der Waals surface area contributed by atoms with Crippen molar-refractivity contribution in [2.24, 2.45) is 5.92 Å². The van der Waals surface area contributed by atoms with Gasteiger partial charge in [0, 0.05) is 55.4 Å². The first-order chi connectivity index (χ1) is 14.7. The molecule has 1 aliphatic heterocycles. The lowest BCUT2D eigenvalue weighted by atomic mass is 9.97. The number of rotatable bonds is 7. The van der Waals surface area contributed by atoms with E-state index in [2.05, 4.69) is 5.32 Å². The fourth-order valence-corrected chi connectivity index (χ4v) is 5.72. The summed E-state index contributed by atoms with van der Waals surface area (Å²) in [4.78, 5) is 14.6. The first-order valence-electron chi connectivity index (χ1n) is 10.1. The van der Waals surface area contributed by atoms with Gasteiger partial charge in [0.2, 0.25) is 15.9 Å². The van der Waals surface area contributed by atoms with E-state index in [-0.39, 0.29) is 17.6 Å². The van der Waals surface area contributed by atoms with Crippen molar-refractivity contribution in [3.63, 3.8) is 0 Å². The van der Waals surface area contributed by atoms with Crippen molar-refractivity contribution in [2.45, 2.75) is 25.1 Å². The lowest BCUT2D eigenvalue weighted by Crippen LogP contribution is -2.43. The molecule has 3 rings (SSSR count). The molecule has 0 aromatic heterocycles. The Morgan fingerprint density at radius 3 is 2.32 bits per heavy atom. The van der Waals surface area contributed by atoms with Crippen LogP contribution in [0.1, 0.15) is 24.0 Å². The maximum absolute atomic E-state index is 12.8. The fraction of sp³-hybridized carbons (Fsp3) is 0.409. The van der Waals surface area contributed by atoms with E-state index in [1.54, 1.807) is 18.2 Å². The van der Waals surface area contributed by atoms with Crippen LogP contribution in [0.3, 0.4) is 0 Å². The van der Waals surface area contributed by atoms with Crippen LogP contribution in [0.2, 0.25) is 10.0 Å². The van der Waals surface area contributed by atoms with Crippen LogP contribution in [0.15, 0.2) is 42.5 Å². The Bertz CT molecular complexity index is 1020. The van der Waals surface area contributed by atoms with Gasteiger partial charge in [-0.15, -0.1) is 0 Å². The summed E-state index contributed by atoms with van der Waals surface area (Å²) in [5.74, 6) is -0.399. The molecule has 1 fully saturated rings. The van der Waals surface area contributed by atoms with Crippen LogP contribution < -0.4 is 10.2 Å². The summed E-state index contributed by atoms with van der Waals surface area (Å²) in [7, 11) is 0.442. The summed E-state index contributed by atoms with van der Waals surface area (Å²) in [6.45, 7) is 1.10. The largest absolute Gasteiger partial charge is 0.378 e. The predicted octanol–water partition coefficient (Wildman–Crippen LogP) is 3.92. The lowest BCUT2D eigenvalue weighted by molar-refractivity contribution is -0.126. The van der Waals surface area contributed by atoms with E-state index in [4.69, 9.17) is 23.2 Å². The van der Waals surface area contributed by atoms with Crippen molar-refractivity contribution >= 4 is 44.8 Å². The molecule has 2 aromatic carbocycles. The molecular formula is C22H27Cl2N3O3S. The van der Waals surface area contributed by atoms with Crippen molar-refractivity contribution in [3.05, 3.63) is 63.6 Å². The molecule has 9 heteroatoms. The quantitative estimate of drug-likeness (QED) is 0.647. The number of sulfonamides is 1. The maximum atomic E-state index is 12.8. The minimum Gasteiger partial charge on any atom is -0.378 e. The number of carbonyl (C=O) groups is 1. The van der Waals surface area contributed by atoms with Crippen LogP contribution in [-0.2, 0) is 27.1 Å². The van der Waals surface area contributed by atoms with Crippen LogP contribution in [0.4, 0.5) is 5.69 Å². The minimum atomic E-state index is -3.52. The van der Waals surface area contributed by atoms with E-state index in [0.29, 0.717) is 48.1 Å². The molecule has 2 aromatic rings. The number of halogens is 2. The van der Waals surface area contributed by atoms with Gasteiger partial charge in [-0.1, -0.05) is 41.4 Å². The van der Waals surface area contributed by atoms with Crippen LogP contribution in [-0.4, -0.2) is 45.8 Å². The van der Waals surface area contributed by atoms with Gasteiger partial charge in [-0.05, 0) is 48.2 Å². The number of benzene rings is 2. The van der Waals surface area contributed by atoms with E-state index in [1.807, 2.05) is 43.3 Å². The van der Waals surface area contributed by atoms with E-state index in [1.165, 1.54) is 4.31 Å². The molecule has 1 saturated heterocycles. The number of anilines is 1. The third-order valence-corrected chi connectivity index (χ3v) is 7.91. The predicted molar refractivity (Wildman–Crippen MR) is 126 cm³/mol. The summed E-state index contributed by atoms with van der Waals surface area (Å²) in [6.07, 6.45) is 0.998. The van der Waals surface area contributed by atoms with Crippen LogP contribution in [0.25, 0.3) is 0 Å². The molecule has 0 unspecified atom stereocenters. The van der Waals surface area contributed by atoms with Crippen molar-refractivity contribution < 1.29 is 13.2 Å². The van der Waals surface area contributed by atoms with Crippen molar-refractivity contribution in [2.75, 3.05) is 32.1 Å². The van der Waals surface area contributed by atoms with E-state index in [9.17, 15) is 13.2 Å². The lowest BCUT2D eigenvalue weighted by Gasteiger charge is -2.30. The molecule has 0 aliphatic carbocycles. The Balaban J connectivity index is 1.50. The number of piperidine rings is 1. The van der Waals surface area contributed by atoms with Gasteiger partial charge >= 0.3 is 0 Å². The molecule has 31 heavy (non-hydrogen) atoms. The monoisotopic (exact) mass is 483 g/mol. The second-order valence-electron chi connectivity index (χ2n) is 7.94. The smallest absolute Gasteiger partial charge is 0.223 e. The summed E-state index contributed by atoms with van der Waals surface area (Å²) < 4.78 is 27.0. The molecule has 0 radical (unpaired) electrons. The van der Waals surface area contributed by atoms with Crippen LogP contribution in [0.5, 0.6) is 0 Å². The third kappa shape index (κ3) is 6.35. The van der Waals surface area contributed by atoms with Crippen LogP contribution in [0, 0.1) is 5.92 Å². The Morgan fingerprint density at radius 1 is 1.10 bits per heavy atom. The van der Waals surface area contributed by atoms with E-state index < -0.39 is 10.0 Å². The molecule has 1 amide bonds. The molecule has 0 atom stereocenters. The van der Waals surface area contributed by atoms with Gasteiger partial charge in [0.25, 0.3) is 0 Å². The summed E-state index contributed by atoms with van der Waals surface area (Å²) in [6, 6.07) is 12.8. The number of nitrogens with zero attached hydrogens (tertiary/aromatic N) is 2. The first-order valence-corrected chi connectivity index (χ1v) is 12.5. The zero-order valence-electron chi connectivity index (χ0n) is 17.6. The Hall–Kier alpha value is -1.80. The van der Waals surface area contributed by atoms with Gasteiger partial charge in [-0.3, -0.25) is 4.79 Å². The Labute approximate surface area is 194 Å². The molecule has 1 heterocycles. The molecule has 6 nitrogen and oxygen atoms in total. The van der Waals surface area contributed by atoms with Crippen molar-refractivity contribution in [1.29, 1.82) is 0 Å². The number of amides is 1. The Morgan fingerprint density at radius 2 is 1.74 bits per heavy atom. The highest BCUT2D eigenvalue weighted by atomic mass is 35.5. The number of nitrogens with one attached hydrogen (secondary N) is 1. The van der Waals surface area contributed by atoms with Crippen LogP contribution >= 0.6 is 23.2 Å². The average Bonchev–Trinajstić information content (AvgIpc) is 2.74. The van der Waals surface area contributed by atoms with Gasteiger partial charge in [-0.25, -0.2) is 12.7 Å². The van der Waals surface area contributed by atoms with Gasteiger partial charge in [-0.2, -0.15) is 0 Å². The second kappa shape index (κ2) is 10.2. The van der Waals surface area contributed by atoms with Gasteiger partial charge in [0.1, 0.15) is 0 Å². The molecule has 0 bridgehead atoms. The highest BCUT2D eigenvalue weighted by molar-refractivity contribution is 7.88. The normalized spacial score (nSPS) is 15.6. The third-order valence-electron chi connectivity index (χ3n) is 5.49. The SMILES string of the molecule is CN(C)c1ccc(CNC(=O)C2CCN(S(=O)(=O)Cc3ccc(Cl)cc3Cl)CC2)cc1. The minimum absolute atomic E-state index is 0.0329.